The number of halogens is 1. The smallest absolute Gasteiger partial charge is 0.295 e. The van der Waals surface area contributed by atoms with E-state index in [2.05, 4.69) is 25.3 Å². The van der Waals surface area contributed by atoms with E-state index in [1.807, 2.05) is 6.07 Å². The van der Waals surface area contributed by atoms with Crippen LogP contribution in [0.25, 0.3) is 11.7 Å². The van der Waals surface area contributed by atoms with Gasteiger partial charge in [-0.15, -0.1) is 16.9 Å². The molecule has 0 bridgehead atoms. The normalized spacial score (nSPS) is 10.8. The molecule has 3 N–H and O–H groups in total. The Balaban J connectivity index is 1.68. The fourth-order valence-corrected chi connectivity index (χ4v) is 2.27. The molecule has 3 aromatic rings. The Labute approximate surface area is 116 Å². The molecule has 9 heteroatoms. The number of H-pyrrole nitrogens is 1. The van der Waals surface area contributed by atoms with Crippen molar-refractivity contribution in [3.63, 3.8) is 0 Å². The van der Waals surface area contributed by atoms with E-state index in [1.165, 1.54) is 23.9 Å². The first kappa shape index (κ1) is 12.6. The highest BCUT2D eigenvalue weighted by molar-refractivity contribution is 7.98. The molecule has 0 aliphatic carbocycles. The van der Waals surface area contributed by atoms with Crippen LogP contribution in [0.1, 0.15) is 5.82 Å². The molecule has 0 radical (unpaired) electrons. The van der Waals surface area contributed by atoms with Gasteiger partial charge < -0.3 is 10.3 Å². The van der Waals surface area contributed by atoms with Crippen molar-refractivity contribution in [2.75, 3.05) is 5.73 Å². The molecule has 0 saturated carbocycles. The lowest BCUT2D eigenvalue weighted by molar-refractivity contribution is 0.422. The fraction of sp³-hybridized carbons (Fsp3) is 0.0909. The summed E-state index contributed by atoms with van der Waals surface area (Å²) in [5, 5.41) is 10.1. The summed E-state index contributed by atoms with van der Waals surface area (Å²) >= 11 is 1.41. The molecule has 3 rings (SSSR count). The predicted molar refractivity (Wildman–Crippen MR) is 70.0 cm³/mol. The van der Waals surface area contributed by atoms with E-state index in [0.717, 1.165) is 4.90 Å². The minimum Gasteiger partial charge on any atom is -0.366 e. The lowest BCUT2D eigenvalue weighted by Crippen LogP contribution is -1.86. The van der Waals surface area contributed by atoms with Crippen LogP contribution in [0, 0.1) is 5.82 Å². The molecule has 0 fully saturated rings. The Bertz CT molecular complexity index is 727. The number of nitrogens with one attached hydrogen (secondary N) is 1. The van der Waals surface area contributed by atoms with Crippen LogP contribution in [0.5, 0.6) is 0 Å². The van der Waals surface area contributed by atoms with Crippen molar-refractivity contribution in [2.45, 2.75) is 10.6 Å². The molecular formula is C11H9FN6OS. The van der Waals surface area contributed by atoms with Gasteiger partial charge in [-0.2, -0.15) is 9.97 Å². The van der Waals surface area contributed by atoms with Gasteiger partial charge in [0.05, 0.1) is 5.75 Å². The first-order chi connectivity index (χ1) is 9.70. The van der Waals surface area contributed by atoms with Crippen LogP contribution in [0.2, 0.25) is 0 Å². The van der Waals surface area contributed by atoms with Gasteiger partial charge in [-0.25, -0.2) is 4.39 Å². The summed E-state index contributed by atoms with van der Waals surface area (Å²) in [7, 11) is 0. The van der Waals surface area contributed by atoms with E-state index in [1.54, 1.807) is 6.07 Å². The summed E-state index contributed by atoms with van der Waals surface area (Å²) in [5.74, 6) is 1.29. The van der Waals surface area contributed by atoms with E-state index < -0.39 is 0 Å². The standard InChI is InChI=1S/C11H9FN6OS/c12-6-2-1-3-7(4-6)20-5-8-14-10(19-18-8)9-15-11(13)17-16-9/h1-4H,5H2,(H3,13,15,16,17). The zero-order chi connectivity index (χ0) is 13.9. The van der Waals surface area contributed by atoms with Crippen LogP contribution in [0.4, 0.5) is 10.3 Å². The minimum absolute atomic E-state index is 0.105. The molecule has 0 aliphatic rings. The fourth-order valence-electron chi connectivity index (χ4n) is 1.48. The molecule has 2 aromatic heterocycles. The summed E-state index contributed by atoms with van der Waals surface area (Å²) in [6.45, 7) is 0. The molecule has 2 heterocycles. The van der Waals surface area contributed by atoms with E-state index in [-0.39, 0.29) is 17.7 Å². The van der Waals surface area contributed by atoms with Crippen LogP contribution in [0.15, 0.2) is 33.7 Å². The van der Waals surface area contributed by atoms with Crippen LogP contribution in [0.3, 0.4) is 0 Å². The van der Waals surface area contributed by atoms with Gasteiger partial charge in [-0.3, -0.25) is 5.10 Å². The molecule has 0 spiro atoms. The van der Waals surface area contributed by atoms with E-state index in [4.69, 9.17) is 10.3 Å². The van der Waals surface area contributed by atoms with E-state index in [0.29, 0.717) is 17.4 Å². The van der Waals surface area contributed by atoms with Gasteiger partial charge in [-0.05, 0) is 18.2 Å². The zero-order valence-corrected chi connectivity index (χ0v) is 10.9. The number of nitrogen functional groups attached to an aromatic ring is 1. The molecule has 0 aliphatic heterocycles. The summed E-state index contributed by atoms with van der Waals surface area (Å²) < 4.78 is 18.1. The van der Waals surface area contributed by atoms with Gasteiger partial charge in [0, 0.05) is 4.90 Å². The number of hydrogen-bond donors (Lipinski definition) is 2. The SMILES string of the molecule is Nc1n[nH]c(-c2nc(CSc3cccc(F)c3)no2)n1. The van der Waals surface area contributed by atoms with E-state index >= 15 is 0 Å². The molecule has 20 heavy (non-hydrogen) atoms. The maximum Gasteiger partial charge on any atom is 0.295 e. The Morgan fingerprint density at radius 1 is 1.35 bits per heavy atom. The number of rotatable bonds is 4. The van der Waals surface area contributed by atoms with Crippen LogP contribution < -0.4 is 5.73 Å². The van der Waals surface area contributed by atoms with E-state index in [9.17, 15) is 4.39 Å². The number of aromatic nitrogens is 5. The van der Waals surface area contributed by atoms with Crippen molar-refractivity contribution < 1.29 is 8.91 Å². The lowest BCUT2D eigenvalue weighted by Gasteiger charge is -1.97. The average Bonchev–Trinajstić information content (AvgIpc) is 3.05. The largest absolute Gasteiger partial charge is 0.366 e. The second kappa shape index (κ2) is 5.29. The maximum atomic E-state index is 13.0. The summed E-state index contributed by atoms with van der Waals surface area (Å²) in [6.07, 6.45) is 0. The van der Waals surface area contributed by atoms with Gasteiger partial charge in [0.2, 0.25) is 11.8 Å². The molecule has 7 nitrogen and oxygen atoms in total. The summed E-state index contributed by atoms with van der Waals surface area (Å²) in [4.78, 5) is 8.82. The molecule has 0 atom stereocenters. The van der Waals surface area contributed by atoms with Crippen molar-refractivity contribution in [3.05, 3.63) is 35.9 Å². The molecule has 0 saturated heterocycles. The Hall–Kier alpha value is -2.42. The number of nitrogens with zero attached hydrogens (tertiary/aromatic N) is 4. The number of anilines is 1. The highest BCUT2D eigenvalue weighted by atomic mass is 32.2. The second-order valence-corrected chi connectivity index (χ2v) is 4.85. The predicted octanol–water partition coefficient (Wildman–Crippen LogP) is 1.87. The molecule has 0 unspecified atom stereocenters. The van der Waals surface area contributed by atoms with Gasteiger partial charge in [0.15, 0.2) is 5.82 Å². The Kier molecular flexibility index (Phi) is 3.33. The van der Waals surface area contributed by atoms with Crippen molar-refractivity contribution in [3.8, 4) is 11.7 Å². The molecule has 0 amide bonds. The highest BCUT2D eigenvalue weighted by Crippen LogP contribution is 2.23. The Morgan fingerprint density at radius 3 is 3.00 bits per heavy atom. The van der Waals surface area contributed by atoms with Crippen molar-refractivity contribution in [2.24, 2.45) is 0 Å². The molecule has 1 aromatic carbocycles. The third-order valence-corrected chi connectivity index (χ3v) is 3.33. The quantitative estimate of drug-likeness (QED) is 0.707. The molecular weight excluding hydrogens is 283 g/mol. The van der Waals surface area contributed by atoms with Gasteiger partial charge >= 0.3 is 0 Å². The van der Waals surface area contributed by atoms with Gasteiger partial charge in [0.1, 0.15) is 5.82 Å². The minimum atomic E-state index is -0.277. The number of nitrogens with two attached hydrogens (primary N) is 1. The number of aromatic amines is 1. The van der Waals surface area contributed by atoms with Crippen LogP contribution in [-0.2, 0) is 5.75 Å². The lowest BCUT2D eigenvalue weighted by atomic mass is 10.4. The monoisotopic (exact) mass is 292 g/mol. The van der Waals surface area contributed by atoms with Crippen molar-refractivity contribution >= 4 is 17.7 Å². The maximum absolute atomic E-state index is 13.0. The Morgan fingerprint density at radius 2 is 2.25 bits per heavy atom. The number of thioether (sulfide) groups is 1. The first-order valence-corrected chi connectivity index (χ1v) is 6.58. The number of benzene rings is 1. The molecule has 102 valence electrons. The van der Waals surface area contributed by atoms with Crippen LogP contribution >= 0.6 is 11.8 Å². The first-order valence-electron chi connectivity index (χ1n) is 5.60. The zero-order valence-electron chi connectivity index (χ0n) is 10.1. The third kappa shape index (κ3) is 2.77. The number of hydrogen-bond acceptors (Lipinski definition) is 7. The average molecular weight is 292 g/mol. The second-order valence-electron chi connectivity index (χ2n) is 3.80. The summed E-state index contributed by atoms with van der Waals surface area (Å²) in [5.41, 5.74) is 5.39. The van der Waals surface area contributed by atoms with Crippen LogP contribution in [-0.4, -0.2) is 25.3 Å². The van der Waals surface area contributed by atoms with Gasteiger partial charge in [0.25, 0.3) is 5.89 Å². The van der Waals surface area contributed by atoms with Crippen molar-refractivity contribution in [1.82, 2.24) is 25.3 Å². The van der Waals surface area contributed by atoms with Gasteiger partial charge in [-0.1, -0.05) is 11.2 Å². The van der Waals surface area contributed by atoms with Crippen molar-refractivity contribution in [1.29, 1.82) is 0 Å². The summed E-state index contributed by atoms with van der Waals surface area (Å²) in [6, 6.07) is 6.30. The third-order valence-electron chi connectivity index (χ3n) is 2.34. The highest BCUT2D eigenvalue weighted by Gasteiger charge is 2.12. The topological polar surface area (TPSA) is 107 Å².